The summed E-state index contributed by atoms with van der Waals surface area (Å²) >= 11 is 0. The summed E-state index contributed by atoms with van der Waals surface area (Å²) in [7, 11) is 0. The Morgan fingerprint density at radius 2 is 2.42 bits per heavy atom. The van der Waals surface area contributed by atoms with Crippen molar-refractivity contribution in [2.75, 3.05) is 13.1 Å². The summed E-state index contributed by atoms with van der Waals surface area (Å²) in [6.07, 6.45) is 1.99. The molecule has 1 saturated heterocycles. The van der Waals surface area contributed by atoms with E-state index in [0.29, 0.717) is 11.6 Å². The predicted octanol–water partition coefficient (Wildman–Crippen LogP) is 1.19. The lowest BCUT2D eigenvalue weighted by Crippen LogP contribution is -2.39. The normalized spacial score (nSPS) is 20.5. The summed E-state index contributed by atoms with van der Waals surface area (Å²) in [5.74, 6) is 0.529. The van der Waals surface area contributed by atoms with Crippen LogP contribution < -0.4 is 10.6 Å². The van der Waals surface area contributed by atoms with Crippen LogP contribution in [0.5, 0.6) is 0 Å². The third-order valence-corrected chi connectivity index (χ3v) is 3.89. The van der Waals surface area contributed by atoms with Gasteiger partial charge in [-0.1, -0.05) is 6.92 Å². The fraction of sp³-hybridized carbons (Fsp3) is 0.714. The van der Waals surface area contributed by atoms with Crippen LogP contribution in [0.2, 0.25) is 0 Å². The first-order valence-electron chi connectivity index (χ1n) is 7.24. The zero-order chi connectivity index (χ0) is 13.8. The van der Waals surface area contributed by atoms with Gasteiger partial charge < -0.3 is 10.6 Å². The van der Waals surface area contributed by atoms with Crippen molar-refractivity contribution in [3.8, 4) is 0 Å². The van der Waals surface area contributed by atoms with E-state index >= 15 is 0 Å². The van der Waals surface area contributed by atoms with Gasteiger partial charge in [0, 0.05) is 12.6 Å². The largest absolute Gasteiger partial charge is 0.348 e. The first-order valence-corrected chi connectivity index (χ1v) is 7.24. The minimum Gasteiger partial charge on any atom is -0.348 e. The van der Waals surface area contributed by atoms with Gasteiger partial charge in [0.15, 0.2) is 0 Å². The zero-order valence-corrected chi connectivity index (χ0v) is 12.1. The quantitative estimate of drug-likeness (QED) is 0.840. The highest BCUT2D eigenvalue weighted by Gasteiger charge is 2.24. The Morgan fingerprint density at radius 3 is 3.00 bits per heavy atom. The molecule has 1 aromatic rings. The zero-order valence-electron chi connectivity index (χ0n) is 12.1. The Kier molecular flexibility index (Phi) is 4.58. The summed E-state index contributed by atoms with van der Waals surface area (Å²) in [4.78, 5) is 12.3. The van der Waals surface area contributed by atoms with Crippen LogP contribution in [0.3, 0.4) is 0 Å². The second-order valence-corrected chi connectivity index (χ2v) is 5.21. The van der Waals surface area contributed by atoms with Crippen LogP contribution in [0, 0.1) is 5.92 Å². The molecular formula is C14H24N4O. The number of carbonyl (C=O) groups excluding carboxylic acids is 1. The van der Waals surface area contributed by atoms with Gasteiger partial charge in [0.2, 0.25) is 0 Å². The number of aryl methyl sites for hydroxylation is 2. The van der Waals surface area contributed by atoms with E-state index in [1.165, 1.54) is 0 Å². The number of amides is 1. The van der Waals surface area contributed by atoms with Gasteiger partial charge in [-0.3, -0.25) is 9.48 Å². The molecule has 2 rings (SSSR count). The third-order valence-electron chi connectivity index (χ3n) is 3.89. The molecule has 1 aromatic heterocycles. The molecule has 0 bridgehead atoms. The molecular weight excluding hydrogens is 240 g/mol. The minimum atomic E-state index is -0.00606. The molecule has 0 saturated carbocycles. The van der Waals surface area contributed by atoms with Crippen LogP contribution in [-0.2, 0) is 13.0 Å². The van der Waals surface area contributed by atoms with Gasteiger partial charge in [0.1, 0.15) is 5.69 Å². The van der Waals surface area contributed by atoms with Crippen LogP contribution in [-0.4, -0.2) is 34.8 Å². The Bertz CT molecular complexity index is 435. The van der Waals surface area contributed by atoms with Gasteiger partial charge in [0.05, 0.1) is 5.69 Å². The van der Waals surface area contributed by atoms with E-state index in [0.717, 1.165) is 38.2 Å². The molecule has 2 N–H and O–H groups in total. The molecule has 1 aliphatic heterocycles. The molecule has 1 fully saturated rings. The highest BCUT2D eigenvalue weighted by Crippen LogP contribution is 2.13. The molecule has 2 atom stereocenters. The number of hydrogen-bond donors (Lipinski definition) is 2. The highest BCUT2D eigenvalue weighted by molar-refractivity contribution is 5.92. The smallest absolute Gasteiger partial charge is 0.269 e. The number of nitrogens with one attached hydrogen (secondary N) is 2. The van der Waals surface area contributed by atoms with E-state index in [1.54, 1.807) is 4.68 Å². The molecule has 0 spiro atoms. The van der Waals surface area contributed by atoms with E-state index in [4.69, 9.17) is 0 Å². The fourth-order valence-electron chi connectivity index (χ4n) is 2.57. The van der Waals surface area contributed by atoms with Crippen LogP contribution in [0.15, 0.2) is 6.07 Å². The fourth-order valence-corrected chi connectivity index (χ4v) is 2.57. The van der Waals surface area contributed by atoms with Crippen molar-refractivity contribution < 1.29 is 4.79 Å². The van der Waals surface area contributed by atoms with E-state index in [-0.39, 0.29) is 11.9 Å². The average Bonchev–Trinajstić information content (AvgIpc) is 3.07. The van der Waals surface area contributed by atoms with Crippen molar-refractivity contribution in [3.05, 3.63) is 17.5 Å². The number of aromatic nitrogens is 2. The van der Waals surface area contributed by atoms with Crippen molar-refractivity contribution in [2.45, 2.75) is 46.2 Å². The molecule has 0 radical (unpaired) electrons. The van der Waals surface area contributed by atoms with Crippen molar-refractivity contribution in [2.24, 2.45) is 5.92 Å². The maximum Gasteiger partial charge on any atom is 0.269 e. The molecule has 0 aromatic carbocycles. The minimum absolute atomic E-state index is 0.00606. The summed E-state index contributed by atoms with van der Waals surface area (Å²) < 4.78 is 1.79. The SMILES string of the molecule is CCc1cc(C(=O)NC(C)C2CCNC2)n(CC)n1. The van der Waals surface area contributed by atoms with Gasteiger partial charge in [-0.15, -0.1) is 0 Å². The van der Waals surface area contributed by atoms with Crippen molar-refractivity contribution >= 4 is 5.91 Å². The first-order chi connectivity index (χ1) is 9.15. The van der Waals surface area contributed by atoms with E-state index in [9.17, 15) is 4.79 Å². The highest BCUT2D eigenvalue weighted by atomic mass is 16.2. The van der Waals surface area contributed by atoms with Gasteiger partial charge in [-0.25, -0.2) is 0 Å². The van der Waals surface area contributed by atoms with Crippen molar-refractivity contribution in [1.82, 2.24) is 20.4 Å². The lowest BCUT2D eigenvalue weighted by molar-refractivity contribution is 0.0918. The maximum atomic E-state index is 12.3. The maximum absolute atomic E-state index is 12.3. The number of nitrogens with zero attached hydrogens (tertiary/aromatic N) is 2. The lowest BCUT2D eigenvalue weighted by atomic mass is 10.0. The molecule has 2 unspecified atom stereocenters. The Labute approximate surface area is 114 Å². The molecule has 2 heterocycles. The second-order valence-electron chi connectivity index (χ2n) is 5.21. The third kappa shape index (κ3) is 3.15. The Hall–Kier alpha value is -1.36. The summed E-state index contributed by atoms with van der Waals surface area (Å²) in [6.45, 7) is 8.92. The topological polar surface area (TPSA) is 59.0 Å². The predicted molar refractivity (Wildman–Crippen MR) is 75.2 cm³/mol. The molecule has 106 valence electrons. The van der Waals surface area contributed by atoms with Gasteiger partial charge in [0.25, 0.3) is 5.91 Å². The van der Waals surface area contributed by atoms with Gasteiger partial charge >= 0.3 is 0 Å². The van der Waals surface area contributed by atoms with Crippen LogP contribution >= 0.6 is 0 Å². The number of rotatable bonds is 5. The Morgan fingerprint density at radius 1 is 1.63 bits per heavy atom. The molecule has 1 amide bonds. The standard InChI is InChI=1S/C14H24N4O/c1-4-12-8-13(18(5-2)17-12)14(19)16-10(3)11-6-7-15-9-11/h8,10-11,15H,4-7,9H2,1-3H3,(H,16,19). The molecule has 19 heavy (non-hydrogen) atoms. The summed E-state index contributed by atoms with van der Waals surface area (Å²) in [5.41, 5.74) is 1.65. The van der Waals surface area contributed by atoms with Crippen LogP contribution in [0.1, 0.15) is 43.4 Å². The molecule has 0 aliphatic carbocycles. The molecule has 5 heteroatoms. The van der Waals surface area contributed by atoms with Gasteiger partial charge in [-0.05, 0) is 51.8 Å². The van der Waals surface area contributed by atoms with Crippen LogP contribution in [0.25, 0.3) is 0 Å². The van der Waals surface area contributed by atoms with Gasteiger partial charge in [-0.2, -0.15) is 5.10 Å². The van der Waals surface area contributed by atoms with E-state index < -0.39 is 0 Å². The summed E-state index contributed by atoms with van der Waals surface area (Å²) in [5, 5.41) is 10.9. The van der Waals surface area contributed by atoms with Crippen molar-refractivity contribution in [1.29, 1.82) is 0 Å². The number of carbonyl (C=O) groups is 1. The van der Waals surface area contributed by atoms with E-state index in [2.05, 4.69) is 29.6 Å². The van der Waals surface area contributed by atoms with E-state index in [1.807, 2.05) is 13.0 Å². The van der Waals surface area contributed by atoms with Crippen molar-refractivity contribution in [3.63, 3.8) is 0 Å². The first kappa shape index (κ1) is 14.1. The monoisotopic (exact) mass is 264 g/mol. The summed E-state index contributed by atoms with van der Waals surface area (Å²) in [6, 6.07) is 2.10. The average molecular weight is 264 g/mol. The van der Waals surface area contributed by atoms with Crippen LogP contribution in [0.4, 0.5) is 0 Å². The molecule has 1 aliphatic rings. The number of hydrogen-bond acceptors (Lipinski definition) is 3. The Balaban J connectivity index is 2.04. The lowest BCUT2D eigenvalue weighted by Gasteiger charge is -2.19. The molecule has 5 nitrogen and oxygen atoms in total. The second kappa shape index (κ2) is 6.19.